The number of benzene rings is 1. The zero-order chi connectivity index (χ0) is 13.1. The van der Waals surface area contributed by atoms with Gasteiger partial charge in [-0.3, -0.25) is 9.37 Å². The molecule has 2 rings (SSSR count). The van der Waals surface area contributed by atoms with Crippen LogP contribution in [0.1, 0.15) is 19.8 Å². The van der Waals surface area contributed by atoms with Crippen LogP contribution in [-0.4, -0.2) is 30.4 Å². The molecule has 96 valence electrons. The van der Waals surface area contributed by atoms with Crippen molar-refractivity contribution in [2.24, 2.45) is 5.92 Å². The van der Waals surface area contributed by atoms with E-state index >= 15 is 0 Å². The SMILES string of the molecule is CC(Nc1ccccc1NC(=O)C1CC1)=[N+](C)C. The Kier molecular flexibility index (Phi) is 3.65. The maximum Gasteiger partial charge on any atom is 0.246 e. The van der Waals surface area contributed by atoms with Crippen LogP contribution in [0.4, 0.5) is 11.4 Å². The van der Waals surface area contributed by atoms with Gasteiger partial charge < -0.3 is 5.32 Å². The summed E-state index contributed by atoms with van der Waals surface area (Å²) in [6.45, 7) is 2.00. The Morgan fingerprint density at radius 2 is 1.72 bits per heavy atom. The van der Waals surface area contributed by atoms with Crippen molar-refractivity contribution in [3.63, 3.8) is 0 Å². The van der Waals surface area contributed by atoms with E-state index in [0.29, 0.717) is 0 Å². The predicted molar refractivity (Wildman–Crippen MR) is 74.2 cm³/mol. The summed E-state index contributed by atoms with van der Waals surface area (Å²) in [7, 11) is 3.96. The van der Waals surface area contributed by atoms with Crippen LogP contribution in [0.3, 0.4) is 0 Å². The number of para-hydroxylation sites is 2. The number of rotatable bonds is 3. The maximum atomic E-state index is 11.8. The quantitative estimate of drug-likeness (QED) is 0.487. The molecule has 1 saturated carbocycles. The third-order valence-corrected chi connectivity index (χ3v) is 3.12. The molecule has 0 aromatic heterocycles. The first-order valence-electron chi connectivity index (χ1n) is 6.25. The fourth-order valence-corrected chi connectivity index (χ4v) is 1.59. The molecule has 1 aromatic carbocycles. The largest absolute Gasteiger partial charge is 0.322 e. The summed E-state index contributed by atoms with van der Waals surface area (Å²) >= 11 is 0. The van der Waals surface area contributed by atoms with Gasteiger partial charge in [0.2, 0.25) is 11.7 Å². The maximum absolute atomic E-state index is 11.8. The van der Waals surface area contributed by atoms with Gasteiger partial charge in [0.25, 0.3) is 0 Å². The number of hydrogen-bond donors (Lipinski definition) is 2. The molecule has 2 N–H and O–H groups in total. The molecule has 0 bridgehead atoms. The minimum atomic E-state index is 0.131. The van der Waals surface area contributed by atoms with Crippen molar-refractivity contribution >= 4 is 23.1 Å². The zero-order valence-electron chi connectivity index (χ0n) is 11.2. The lowest BCUT2D eigenvalue weighted by Crippen LogP contribution is -2.20. The van der Waals surface area contributed by atoms with Gasteiger partial charge in [-0.2, -0.15) is 0 Å². The van der Waals surface area contributed by atoms with Crippen LogP contribution >= 0.6 is 0 Å². The van der Waals surface area contributed by atoms with Gasteiger partial charge >= 0.3 is 0 Å². The van der Waals surface area contributed by atoms with Gasteiger partial charge in [0, 0.05) is 12.8 Å². The van der Waals surface area contributed by atoms with E-state index in [2.05, 4.69) is 10.6 Å². The molecule has 1 fully saturated rings. The van der Waals surface area contributed by atoms with Gasteiger partial charge in [-0.1, -0.05) is 12.1 Å². The average Bonchev–Trinajstić information content (AvgIpc) is 3.15. The summed E-state index contributed by atoms with van der Waals surface area (Å²) in [4.78, 5) is 11.8. The van der Waals surface area contributed by atoms with Crippen LogP contribution in [0, 0.1) is 5.92 Å². The topological polar surface area (TPSA) is 44.1 Å². The molecule has 1 aromatic rings. The van der Waals surface area contributed by atoms with E-state index in [-0.39, 0.29) is 11.8 Å². The van der Waals surface area contributed by atoms with Gasteiger partial charge in [0.15, 0.2) is 0 Å². The summed E-state index contributed by atoms with van der Waals surface area (Å²) in [6, 6.07) is 7.78. The molecule has 0 heterocycles. The number of anilines is 2. The number of amides is 1. The fraction of sp³-hybridized carbons (Fsp3) is 0.429. The summed E-state index contributed by atoms with van der Waals surface area (Å²) in [5.41, 5.74) is 1.77. The standard InChI is InChI=1S/C14H19N3O/c1-10(17(2)3)15-12-6-4-5-7-13(12)16-14(18)11-8-9-11/h4-7,11H,8-9H2,1-3H3,(H,16,18)/p+1. The summed E-state index contributed by atoms with van der Waals surface area (Å²) in [5, 5.41) is 6.29. The number of carbonyl (C=O) groups excluding carboxylic acids is 1. The van der Waals surface area contributed by atoms with E-state index in [0.717, 1.165) is 30.1 Å². The van der Waals surface area contributed by atoms with Crippen molar-refractivity contribution in [1.29, 1.82) is 0 Å². The molecule has 4 nitrogen and oxygen atoms in total. The molecular weight excluding hydrogens is 226 g/mol. The highest BCUT2D eigenvalue weighted by Gasteiger charge is 2.30. The second kappa shape index (κ2) is 5.21. The van der Waals surface area contributed by atoms with Crippen molar-refractivity contribution in [3.05, 3.63) is 24.3 Å². The van der Waals surface area contributed by atoms with E-state index < -0.39 is 0 Å². The molecule has 1 aliphatic rings. The Balaban J connectivity index is 2.14. The summed E-state index contributed by atoms with van der Waals surface area (Å²) in [6.07, 6.45) is 2.04. The molecule has 0 radical (unpaired) electrons. The molecule has 1 amide bonds. The highest BCUT2D eigenvalue weighted by Crippen LogP contribution is 2.31. The highest BCUT2D eigenvalue weighted by atomic mass is 16.2. The third-order valence-electron chi connectivity index (χ3n) is 3.12. The first-order valence-corrected chi connectivity index (χ1v) is 6.25. The fourth-order valence-electron chi connectivity index (χ4n) is 1.59. The second-order valence-electron chi connectivity index (χ2n) is 4.91. The number of carbonyl (C=O) groups is 1. The lowest BCUT2D eigenvalue weighted by atomic mass is 10.2. The normalized spacial score (nSPS) is 13.9. The van der Waals surface area contributed by atoms with Crippen LogP contribution in [0.25, 0.3) is 0 Å². The van der Waals surface area contributed by atoms with Crippen LogP contribution < -0.4 is 10.6 Å². The smallest absolute Gasteiger partial charge is 0.246 e. The Morgan fingerprint density at radius 1 is 1.17 bits per heavy atom. The van der Waals surface area contributed by atoms with Crippen molar-refractivity contribution in [2.45, 2.75) is 19.8 Å². The Hall–Kier alpha value is -1.84. The number of hydrogen-bond acceptors (Lipinski definition) is 1. The predicted octanol–water partition coefficient (Wildman–Crippen LogP) is 2.14. The van der Waals surface area contributed by atoms with Gasteiger partial charge in [-0.15, -0.1) is 0 Å². The zero-order valence-corrected chi connectivity index (χ0v) is 11.2. The van der Waals surface area contributed by atoms with Gasteiger partial charge in [0.05, 0.1) is 19.8 Å². The van der Waals surface area contributed by atoms with Gasteiger partial charge in [-0.25, -0.2) is 5.32 Å². The minimum Gasteiger partial charge on any atom is -0.322 e. The van der Waals surface area contributed by atoms with Gasteiger partial charge in [0.1, 0.15) is 5.69 Å². The Labute approximate surface area is 108 Å². The Bertz CT molecular complexity index is 486. The Morgan fingerprint density at radius 3 is 2.22 bits per heavy atom. The van der Waals surface area contributed by atoms with Crippen molar-refractivity contribution in [1.82, 2.24) is 0 Å². The third kappa shape index (κ3) is 3.09. The molecule has 0 unspecified atom stereocenters. The van der Waals surface area contributed by atoms with E-state index in [4.69, 9.17) is 0 Å². The average molecular weight is 246 g/mol. The monoisotopic (exact) mass is 246 g/mol. The highest BCUT2D eigenvalue weighted by molar-refractivity contribution is 6.00. The molecule has 0 atom stereocenters. The molecule has 0 aliphatic heterocycles. The lowest BCUT2D eigenvalue weighted by Gasteiger charge is -2.09. The molecule has 0 saturated heterocycles. The lowest BCUT2D eigenvalue weighted by molar-refractivity contribution is -0.464. The van der Waals surface area contributed by atoms with E-state index in [1.165, 1.54) is 0 Å². The number of amidine groups is 1. The van der Waals surface area contributed by atoms with Crippen molar-refractivity contribution in [2.75, 3.05) is 24.7 Å². The molecule has 0 spiro atoms. The van der Waals surface area contributed by atoms with Crippen LogP contribution in [0.2, 0.25) is 0 Å². The summed E-state index contributed by atoms with van der Waals surface area (Å²) < 4.78 is 2.00. The molecule has 1 aliphatic carbocycles. The number of nitrogens with zero attached hydrogens (tertiary/aromatic N) is 1. The van der Waals surface area contributed by atoms with Crippen LogP contribution in [-0.2, 0) is 4.79 Å². The first kappa shape index (κ1) is 12.6. The summed E-state index contributed by atoms with van der Waals surface area (Å²) in [5.74, 6) is 1.38. The van der Waals surface area contributed by atoms with Gasteiger partial charge in [-0.05, 0) is 25.0 Å². The van der Waals surface area contributed by atoms with Crippen LogP contribution in [0.15, 0.2) is 24.3 Å². The van der Waals surface area contributed by atoms with Crippen LogP contribution in [0.5, 0.6) is 0 Å². The van der Waals surface area contributed by atoms with E-state index in [1.807, 2.05) is 49.9 Å². The molecular formula is C14H20N3O+. The number of nitrogens with one attached hydrogen (secondary N) is 2. The second-order valence-corrected chi connectivity index (χ2v) is 4.91. The van der Waals surface area contributed by atoms with E-state index in [9.17, 15) is 4.79 Å². The van der Waals surface area contributed by atoms with E-state index in [1.54, 1.807) is 0 Å². The van der Waals surface area contributed by atoms with Crippen molar-refractivity contribution < 1.29 is 9.37 Å². The minimum absolute atomic E-state index is 0.131. The molecule has 18 heavy (non-hydrogen) atoms. The van der Waals surface area contributed by atoms with Crippen molar-refractivity contribution in [3.8, 4) is 0 Å². The molecule has 4 heteroatoms. The first-order chi connectivity index (χ1) is 8.58.